The molecule has 0 bridgehead atoms. The summed E-state index contributed by atoms with van der Waals surface area (Å²) < 4.78 is 17.6. The Kier molecular flexibility index (Phi) is 3.88. The number of rotatable bonds is 3. The van der Waals surface area contributed by atoms with Gasteiger partial charge in [-0.05, 0) is 17.7 Å². The number of primary amides is 1. The Balaban J connectivity index is 2.92. The fourth-order valence-corrected chi connectivity index (χ4v) is 1.18. The molecule has 1 amide bonds. The molecule has 0 aromatic heterocycles. The summed E-state index contributed by atoms with van der Waals surface area (Å²) in [5, 5.41) is 8.85. The lowest BCUT2D eigenvalue weighted by Gasteiger charge is -2.14. The van der Waals surface area contributed by atoms with Crippen LogP contribution in [0.15, 0.2) is 18.2 Å². The van der Waals surface area contributed by atoms with Crippen molar-refractivity contribution in [1.82, 2.24) is 0 Å². The van der Waals surface area contributed by atoms with Crippen LogP contribution in [0.4, 0.5) is 9.18 Å². The topological polar surface area (TPSA) is 72.6 Å². The van der Waals surface area contributed by atoms with Gasteiger partial charge in [0.25, 0.3) is 0 Å². The summed E-state index contributed by atoms with van der Waals surface area (Å²) in [5.74, 6) is -0.652. The molecule has 0 aliphatic carbocycles. The van der Waals surface area contributed by atoms with Gasteiger partial charge in [-0.25, -0.2) is 9.18 Å². The second-order valence-electron chi connectivity index (χ2n) is 2.78. The van der Waals surface area contributed by atoms with E-state index in [-0.39, 0.29) is 5.02 Å². The molecule has 3 N–H and O–H groups in total. The summed E-state index contributed by atoms with van der Waals surface area (Å²) in [5.41, 5.74) is 5.07. The van der Waals surface area contributed by atoms with Gasteiger partial charge in [-0.2, -0.15) is 0 Å². The van der Waals surface area contributed by atoms with Gasteiger partial charge in [0.15, 0.2) is 6.10 Å². The number of halogens is 2. The number of aliphatic hydroxyl groups excluding tert-OH is 1. The first-order chi connectivity index (χ1) is 7.04. The molecule has 0 radical (unpaired) electrons. The molecule has 0 spiro atoms. The van der Waals surface area contributed by atoms with Crippen molar-refractivity contribution in [2.24, 2.45) is 5.73 Å². The van der Waals surface area contributed by atoms with Crippen LogP contribution in [-0.4, -0.2) is 17.8 Å². The first-order valence-electron chi connectivity index (χ1n) is 4.06. The number of benzene rings is 1. The maximum atomic E-state index is 13.0. The molecule has 0 heterocycles. The third kappa shape index (κ3) is 3.07. The normalized spacial score (nSPS) is 12.2. The van der Waals surface area contributed by atoms with E-state index in [1.807, 2.05) is 0 Å². The van der Waals surface area contributed by atoms with Crippen LogP contribution in [0, 0.1) is 5.82 Å². The minimum absolute atomic E-state index is 0.0467. The Hall–Kier alpha value is -1.33. The predicted octanol–water partition coefficient (Wildman–Crippen LogP) is 1.61. The van der Waals surface area contributed by atoms with Crippen LogP contribution in [0.25, 0.3) is 0 Å². The second-order valence-corrected chi connectivity index (χ2v) is 3.19. The van der Waals surface area contributed by atoms with E-state index in [4.69, 9.17) is 22.4 Å². The van der Waals surface area contributed by atoms with E-state index < -0.39 is 24.6 Å². The van der Waals surface area contributed by atoms with Gasteiger partial charge in [-0.1, -0.05) is 17.7 Å². The molecule has 1 aromatic rings. The van der Waals surface area contributed by atoms with Crippen molar-refractivity contribution in [3.63, 3.8) is 0 Å². The predicted molar refractivity (Wildman–Crippen MR) is 51.9 cm³/mol. The lowest BCUT2D eigenvalue weighted by molar-refractivity contribution is 0.0631. The largest absolute Gasteiger partial charge is 0.439 e. The van der Waals surface area contributed by atoms with Crippen LogP contribution in [0.2, 0.25) is 5.02 Å². The van der Waals surface area contributed by atoms with Crippen LogP contribution in [-0.2, 0) is 4.74 Å². The molecule has 0 saturated carbocycles. The number of ether oxygens (including phenoxy) is 1. The zero-order chi connectivity index (χ0) is 11.4. The summed E-state index contributed by atoms with van der Waals surface area (Å²) in [6, 6.07) is 3.82. The Bertz CT molecular complexity index is 372. The molecular formula is C9H9ClFNO3. The summed E-state index contributed by atoms with van der Waals surface area (Å²) in [4.78, 5) is 10.5. The minimum atomic E-state index is -1.04. The molecule has 1 rings (SSSR count). The Morgan fingerprint density at radius 3 is 2.80 bits per heavy atom. The summed E-state index contributed by atoms with van der Waals surface area (Å²) in [6.07, 6.45) is -2.02. The molecule has 4 nitrogen and oxygen atoms in total. The number of hydrogen-bond acceptors (Lipinski definition) is 3. The van der Waals surface area contributed by atoms with Crippen molar-refractivity contribution in [2.45, 2.75) is 6.10 Å². The first-order valence-corrected chi connectivity index (χ1v) is 4.44. The van der Waals surface area contributed by atoms with Gasteiger partial charge < -0.3 is 15.6 Å². The van der Waals surface area contributed by atoms with Crippen molar-refractivity contribution < 1.29 is 19.0 Å². The van der Waals surface area contributed by atoms with E-state index >= 15 is 0 Å². The number of hydrogen-bond donors (Lipinski definition) is 2. The molecule has 0 aliphatic heterocycles. The number of amides is 1. The monoisotopic (exact) mass is 233 g/mol. The van der Waals surface area contributed by atoms with E-state index in [9.17, 15) is 9.18 Å². The van der Waals surface area contributed by atoms with Crippen molar-refractivity contribution in [3.05, 3.63) is 34.6 Å². The van der Waals surface area contributed by atoms with Crippen LogP contribution in [0.3, 0.4) is 0 Å². The lowest BCUT2D eigenvalue weighted by Crippen LogP contribution is -2.19. The highest BCUT2D eigenvalue weighted by atomic mass is 35.5. The third-order valence-electron chi connectivity index (χ3n) is 1.74. The van der Waals surface area contributed by atoms with Gasteiger partial charge in [0, 0.05) is 0 Å². The summed E-state index contributed by atoms with van der Waals surface area (Å²) in [7, 11) is 0. The minimum Gasteiger partial charge on any atom is -0.439 e. The van der Waals surface area contributed by atoms with Crippen LogP contribution >= 0.6 is 11.6 Å². The van der Waals surface area contributed by atoms with Crippen LogP contribution < -0.4 is 5.73 Å². The zero-order valence-electron chi connectivity index (χ0n) is 7.61. The van der Waals surface area contributed by atoms with Crippen molar-refractivity contribution in [2.75, 3.05) is 6.61 Å². The maximum absolute atomic E-state index is 13.0. The SMILES string of the molecule is NC(=O)OC(CO)c1ccc(Cl)c(F)c1. The number of carbonyl (C=O) groups is 1. The first kappa shape index (κ1) is 11.7. The van der Waals surface area contributed by atoms with Crippen molar-refractivity contribution >= 4 is 17.7 Å². The van der Waals surface area contributed by atoms with Gasteiger partial charge in [0.05, 0.1) is 11.6 Å². The Morgan fingerprint density at radius 1 is 1.67 bits per heavy atom. The molecular weight excluding hydrogens is 225 g/mol. The fourth-order valence-electron chi connectivity index (χ4n) is 1.06. The Labute approximate surface area is 90.4 Å². The standard InChI is InChI=1S/C9H9ClFNO3/c10-6-2-1-5(3-7(6)11)8(4-13)15-9(12)14/h1-3,8,13H,4H2,(H2,12,14). The number of nitrogens with two attached hydrogens (primary N) is 1. The van der Waals surface area contributed by atoms with E-state index in [0.717, 1.165) is 6.07 Å². The second kappa shape index (κ2) is 4.95. The fraction of sp³-hybridized carbons (Fsp3) is 0.222. The molecule has 0 aliphatic rings. The number of carbonyl (C=O) groups excluding carboxylic acids is 1. The smallest absolute Gasteiger partial charge is 0.405 e. The quantitative estimate of drug-likeness (QED) is 0.833. The molecule has 1 atom stereocenters. The van der Waals surface area contributed by atoms with Crippen molar-refractivity contribution in [3.8, 4) is 0 Å². The highest BCUT2D eigenvalue weighted by Crippen LogP contribution is 2.22. The van der Waals surface area contributed by atoms with Crippen molar-refractivity contribution in [1.29, 1.82) is 0 Å². The van der Waals surface area contributed by atoms with E-state index in [1.165, 1.54) is 12.1 Å². The Morgan fingerprint density at radius 2 is 2.33 bits per heavy atom. The molecule has 6 heteroatoms. The van der Waals surface area contributed by atoms with E-state index in [0.29, 0.717) is 5.56 Å². The van der Waals surface area contributed by atoms with E-state index in [2.05, 4.69) is 4.74 Å². The molecule has 82 valence electrons. The van der Waals surface area contributed by atoms with Gasteiger partial charge in [0.2, 0.25) is 0 Å². The van der Waals surface area contributed by atoms with Gasteiger partial charge in [0.1, 0.15) is 5.82 Å². The molecule has 0 fully saturated rings. The highest BCUT2D eigenvalue weighted by Gasteiger charge is 2.15. The van der Waals surface area contributed by atoms with Gasteiger partial charge in [-0.15, -0.1) is 0 Å². The van der Waals surface area contributed by atoms with E-state index in [1.54, 1.807) is 0 Å². The highest BCUT2D eigenvalue weighted by molar-refractivity contribution is 6.30. The molecule has 1 unspecified atom stereocenters. The summed E-state index contributed by atoms with van der Waals surface area (Å²) in [6.45, 7) is -0.482. The third-order valence-corrected chi connectivity index (χ3v) is 2.05. The van der Waals surface area contributed by atoms with Gasteiger partial charge >= 0.3 is 6.09 Å². The molecule has 15 heavy (non-hydrogen) atoms. The molecule has 1 aromatic carbocycles. The molecule has 0 saturated heterocycles. The summed E-state index contributed by atoms with van der Waals surface area (Å²) >= 11 is 5.46. The van der Waals surface area contributed by atoms with Gasteiger partial charge in [-0.3, -0.25) is 0 Å². The maximum Gasteiger partial charge on any atom is 0.405 e. The lowest BCUT2D eigenvalue weighted by atomic mass is 10.1. The average Bonchev–Trinajstić information content (AvgIpc) is 2.18. The van der Waals surface area contributed by atoms with Crippen LogP contribution in [0.5, 0.6) is 0 Å². The number of aliphatic hydroxyl groups is 1. The average molecular weight is 234 g/mol. The zero-order valence-corrected chi connectivity index (χ0v) is 8.37. The van der Waals surface area contributed by atoms with Crippen LogP contribution in [0.1, 0.15) is 11.7 Å².